The van der Waals surface area contributed by atoms with Crippen molar-refractivity contribution >= 4 is 33.7 Å². The number of carboxylic acids is 1. The van der Waals surface area contributed by atoms with Gasteiger partial charge in [-0.2, -0.15) is 0 Å². The highest BCUT2D eigenvalue weighted by molar-refractivity contribution is 9.10. The maximum atomic E-state index is 12.6. The average molecular weight is 475 g/mol. The molecule has 158 valence electrons. The van der Waals surface area contributed by atoms with Crippen molar-refractivity contribution in [1.29, 1.82) is 0 Å². The molecule has 0 bridgehead atoms. The Morgan fingerprint density at radius 1 is 0.967 bits per heavy atom. The molecule has 1 N–H and O–H groups in total. The van der Waals surface area contributed by atoms with Crippen molar-refractivity contribution in [2.24, 2.45) is 0 Å². The van der Waals surface area contributed by atoms with Crippen LogP contribution in [0.2, 0.25) is 0 Å². The van der Waals surface area contributed by atoms with Gasteiger partial charge in [0.15, 0.2) is 0 Å². The third-order valence-electron chi connectivity index (χ3n) is 4.96. The molecule has 0 spiro atoms. The molecule has 1 aliphatic rings. The van der Waals surface area contributed by atoms with Crippen molar-refractivity contribution in [3.8, 4) is 5.75 Å². The Bertz CT molecular complexity index is 937. The standard InChI is InChI=1S/C22H23BrN2O5/c1-15-2-7-19(18(23)14-15)30-13-8-20(26)24-9-11-25(12-10-24)21(27)16-3-5-17(6-4-16)22(28)29/h2-7,14H,8-13H2,1H3,(H,28,29). The van der Waals surface area contributed by atoms with Crippen molar-refractivity contribution < 1.29 is 24.2 Å². The minimum Gasteiger partial charge on any atom is -0.492 e. The lowest BCUT2D eigenvalue weighted by molar-refractivity contribution is -0.133. The van der Waals surface area contributed by atoms with Crippen LogP contribution in [0.1, 0.15) is 32.7 Å². The largest absolute Gasteiger partial charge is 0.492 e. The number of aryl methyl sites for hydroxylation is 1. The predicted molar refractivity (Wildman–Crippen MR) is 115 cm³/mol. The molecule has 0 aliphatic carbocycles. The van der Waals surface area contributed by atoms with E-state index in [1.165, 1.54) is 24.3 Å². The van der Waals surface area contributed by atoms with Gasteiger partial charge in [0.05, 0.1) is 23.1 Å². The van der Waals surface area contributed by atoms with E-state index in [0.29, 0.717) is 37.5 Å². The topological polar surface area (TPSA) is 87.2 Å². The fourth-order valence-corrected chi connectivity index (χ4v) is 3.83. The monoisotopic (exact) mass is 474 g/mol. The third-order valence-corrected chi connectivity index (χ3v) is 5.58. The van der Waals surface area contributed by atoms with E-state index in [0.717, 1.165) is 10.0 Å². The summed E-state index contributed by atoms with van der Waals surface area (Å²) in [5.74, 6) is -0.486. The van der Waals surface area contributed by atoms with Crippen molar-refractivity contribution in [3.63, 3.8) is 0 Å². The maximum Gasteiger partial charge on any atom is 0.335 e. The highest BCUT2D eigenvalue weighted by Crippen LogP contribution is 2.25. The second kappa shape index (κ2) is 9.75. The molecule has 2 amide bonds. The van der Waals surface area contributed by atoms with Gasteiger partial charge in [-0.05, 0) is 64.8 Å². The molecule has 0 unspecified atom stereocenters. The Labute approximate surface area is 183 Å². The van der Waals surface area contributed by atoms with Crippen molar-refractivity contribution in [3.05, 3.63) is 63.6 Å². The summed E-state index contributed by atoms with van der Waals surface area (Å²) < 4.78 is 6.56. The first kappa shape index (κ1) is 21.8. The van der Waals surface area contributed by atoms with Gasteiger partial charge in [0.25, 0.3) is 5.91 Å². The Balaban J connectivity index is 1.45. The van der Waals surface area contributed by atoms with Crippen molar-refractivity contribution in [2.75, 3.05) is 32.8 Å². The normalized spacial score (nSPS) is 13.8. The Hall–Kier alpha value is -2.87. The zero-order valence-electron chi connectivity index (χ0n) is 16.6. The number of carbonyl (C=O) groups excluding carboxylic acids is 2. The molecule has 30 heavy (non-hydrogen) atoms. The van der Waals surface area contributed by atoms with Crippen LogP contribution in [0.15, 0.2) is 46.9 Å². The lowest BCUT2D eigenvalue weighted by Crippen LogP contribution is -2.50. The van der Waals surface area contributed by atoms with Gasteiger partial charge in [0.2, 0.25) is 5.91 Å². The lowest BCUT2D eigenvalue weighted by atomic mass is 10.1. The number of ether oxygens (including phenoxy) is 1. The number of benzene rings is 2. The molecule has 0 aromatic heterocycles. The van der Waals surface area contributed by atoms with E-state index < -0.39 is 5.97 Å². The van der Waals surface area contributed by atoms with Crippen molar-refractivity contribution in [2.45, 2.75) is 13.3 Å². The van der Waals surface area contributed by atoms with E-state index in [1.807, 2.05) is 25.1 Å². The smallest absolute Gasteiger partial charge is 0.335 e. The van der Waals surface area contributed by atoms with Gasteiger partial charge < -0.3 is 19.6 Å². The summed E-state index contributed by atoms with van der Waals surface area (Å²) in [6.45, 7) is 4.09. The Morgan fingerprint density at radius 2 is 1.57 bits per heavy atom. The maximum absolute atomic E-state index is 12.6. The van der Waals surface area contributed by atoms with Gasteiger partial charge in [-0.1, -0.05) is 6.07 Å². The van der Waals surface area contributed by atoms with Crippen LogP contribution in [0, 0.1) is 6.92 Å². The summed E-state index contributed by atoms with van der Waals surface area (Å²) in [6, 6.07) is 11.7. The molecule has 1 saturated heterocycles. The van der Waals surface area contributed by atoms with Gasteiger partial charge >= 0.3 is 5.97 Å². The number of hydrogen-bond acceptors (Lipinski definition) is 4. The number of carbonyl (C=O) groups is 3. The second-order valence-corrected chi connectivity index (χ2v) is 7.94. The molecule has 0 radical (unpaired) electrons. The van der Waals surface area contributed by atoms with E-state index >= 15 is 0 Å². The van der Waals surface area contributed by atoms with Crippen LogP contribution >= 0.6 is 15.9 Å². The minimum absolute atomic E-state index is 0.00357. The van der Waals surface area contributed by atoms with Gasteiger partial charge in [-0.3, -0.25) is 9.59 Å². The lowest BCUT2D eigenvalue weighted by Gasteiger charge is -2.35. The first-order valence-electron chi connectivity index (χ1n) is 9.64. The molecule has 8 heteroatoms. The van der Waals surface area contributed by atoms with E-state index in [1.54, 1.807) is 9.80 Å². The van der Waals surface area contributed by atoms with E-state index in [4.69, 9.17) is 9.84 Å². The third kappa shape index (κ3) is 5.38. The molecule has 3 rings (SSSR count). The van der Waals surface area contributed by atoms with Gasteiger partial charge in [0.1, 0.15) is 5.75 Å². The number of amides is 2. The molecule has 7 nitrogen and oxygen atoms in total. The van der Waals surface area contributed by atoms with E-state index in [-0.39, 0.29) is 30.4 Å². The summed E-state index contributed by atoms with van der Waals surface area (Å²) in [6.07, 6.45) is 0.269. The number of halogens is 1. The van der Waals surface area contributed by atoms with Crippen LogP contribution in [0.3, 0.4) is 0 Å². The number of aromatic carboxylic acids is 1. The van der Waals surface area contributed by atoms with Gasteiger partial charge in [-0.15, -0.1) is 0 Å². The molecule has 0 saturated carbocycles. The summed E-state index contributed by atoms with van der Waals surface area (Å²) in [5, 5.41) is 8.95. The van der Waals surface area contributed by atoms with Crippen LogP contribution in [-0.4, -0.2) is 65.5 Å². The molecule has 0 atom stereocenters. The van der Waals surface area contributed by atoms with E-state index in [9.17, 15) is 14.4 Å². The van der Waals surface area contributed by atoms with Gasteiger partial charge in [-0.25, -0.2) is 4.79 Å². The van der Waals surface area contributed by atoms with Crippen LogP contribution in [0.5, 0.6) is 5.75 Å². The number of nitrogens with zero attached hydrogens (tertiary/aromatic N) is 2. The summed E-state index contributed by atoms with van der Waals surface area (Å²) >= 11 is 3.45. The minimum atomic E-state index is -1.03. The first-order chi connectivity index (χ1) is 14.3. The molecule has 1 aliphatic heterocycles. The molecule has 2 aromatic rings. The Kier molecular flexibility index (Phi) is 7.10. The molecule has 2 aromatic carbocycles. The van der Waals surface area contributed by atoms with Crippen LogP contribution in [0.4, 0.5) is 0 Å². The number of rotatable bonds is 6. The predicted octanol–water partition coefficient (Wildman–Crippen LogP) is 3.21. The first-order valence-corrected chi connectivity index (χ1v) is 10.4. The second-order valence-electron chi connectivity index (χ2n) is 7.09. The molecular formula is C22H23BrN2O5. The van der Waals surface area contributed by atoms with Crippen LogP contribution < -0.4 is 4.74 Å². The SMILES string of the molecule is Cc1ccc(OCCC(=O)N2CCN(C(=O)c3ccc(C(=O)O)cc3)CC2)c(Br)c1. The summed E-state index contributed by atoms with van der Waals surface area (Å²) in [4.78, 5) is 39.4. The molecule has 1 fully saturated rings. The highest BCUT2D eigenvalue weighted by atomic mass is 79.9. The Morgan fingerprint density at radius 3 is 2.17 bits per heavy atom. The molecule has 1 heterocycles. The summed E-state index contributed by atoms with van der Waals surface area (Å²) in [7, 11) is 0. The number of piperazine rings is 1. The summed E-state index contributed by atoms with van der Waals surface area (Å²) in [5.41, 5.74) is 1.70. The quantitative estimate of drug-likeness (QED) is 0.694. The van der Waals surface area contributed by atoms with E-state index in [2.05, 4.69) is 15.9 Å². The average Bonchev–Trinajstić information content (AvgIpc) is 2.75. The zero-order valence-corrected chi connectivity index (χ0v) is 18.2. The van der Waals surface area contributed by atoms with Crippen LogP contribution in [0.25, 0.3) is 0 Å². The van der Waals surface area contributed by atoms with Crippen molar-refractivity contribution in [1.82, 2.24) is 9.80 Å². The number of hydrogen-bond donors (Lipinski definition) is 1. The van der Waals surface area contributed by atoms with Crippen LogP contribution in [-0.2, 0) is 4.79 Å². The highest BCUT2D eigenvalue weighted by Gasteiger charge is 2.25. The molecular weight excluding hydrogens is 452 g/mol. The fourth-order valence-electron chi connectivity index (χ4n) is 3.23. The van der Waals surface area contributed by atoms with Gasteiger partial charge in [0, 0.05) is 31.7 Å². The zero-order chi connectivity index (χ0) is 21.7. The fraction of sp³-hybridized carbons (Fsp3) is 0.318. The number of carboxylic acid groups (broad SMARTS) is 1.